The van der Waals surface area contributed by atoms with Gasteiger partial charge in [-0.05, 0) is 31.1 Å². The van der Waals surface area contributed by atoms with Gasteiger partial charge in [0.15, 0.2) is 0 Å². The minimum Gasteiger partial charge on any atom is -0.328 e. The summed E-state index contributed by atoms with van der Waals surface area (Å²) in [4.78, 5) is 0. The SMILES string of the molecule is CCC1CC(N)CC(CC)C1. The molecule has 1 saturated carbocycles. The lowest BCUT2D eigenvalue weighted by Crippen LogP contribution is -2.32. The standard InChI is InChI=1S/C10H21N/c1-3-8-5-9(4-2)7-10(11)6-8/h8-10H,3-7,11H2,1-2H3. The van der Waals surface area contributed by atoms with Gasteiger partial charge in [-0.3, -0.25) is 0 Å². The lowest BCUT2D eigenvalue weighted by Gasteiger charge is -2.32. The molecule has 1 heteroatoms. The van der Waals surface area contributed by atoms with Gasteiger partial charge in [-0.2, -0.15) is 0 Å². The lowest BCUT2D eigenvalue weighted by molar-refractivity contribution is 0.229. The summed E-state index contributed by atoms with van der Waals surface area (Å²) in [6.07, 6.45) is 6.62. The number of hydrogen-bond donors (Lipinski definition) is 1. The summed E-state index contributed by atoms with van der Waals surface area (Å²) in [7, 11) is 0. The molecule has 0 radical (unpaired) electrons. The van der Waals surface area contributed by atoms with Crippen LogP contribution in [-0.2, 0) is 0 Å². The number of rotatable bonds is 2. The minimum atomic E-state index is 0.499. The predicted octanol–water partition coefficient (Wildman–Crippen LogP) is 2.55. The van der Waals surface area contributed by atoms with Crippen molar-refractivity contribution in [3.05, 3.63) is 0 Å². The highest BCUT2D eigenvalue weighted by molar-refractivity contribution is 4.79. The van der Waals surface area contributed by atoms with Crippen molar-refractivity contribution in [1.82, 2.24) is 0 Å². The van der Waals surface area contributed by atoms with E-state index < -0.39 is 0 Å². The van der Waals surface area contributed by atoms with Gasteiger partial charge in [0.2, 0.25) is 0 Å². The van der Waals surface area contributed by atoms with Crippen molar-refractivity contribution < 1.29 is 0 Å². The van der Waals surface area contributed by atoms with E-state index in [2.05, 4.69) is 13.8 Å². The Morgan fingerprint density at radius 2 is 1.45 bits per heavy atom. The van der Waals surface area contributed by atoms with Gasteiger partial charge in [0.1, 0.15) is 0 Å². The van der Waals surface area contributed by atoms with Crippen molar-refractivity contribution in [2.24, 2.45) is 17.6 Å². The van der Waals surface area contributed by atoms with Crippen molar-refractivity contribution in [2.75, 3.05) is 0 Å². The maximum Gasteiger partial charge on any atom is 0.00441 e. The molecule has 1 fully saturated rings. The summed E-state index contributed by atoms with van der Waals surface area (Å²) in [5, 5.41) is 0. The Morgan fingerprint density at radius 1 is 1.00 bits per heavy atom. The molecule has 0 bridgehead atoms. The fourth-order valence-electron chi connectivity index (χ4n) is 2.28. The molecular formula is C10H21N. The van der Waals surface area contributed by atoms with E-state index in [1.54, 1.807) is 0 Å². The van der Waals surface area contributed by atoms with E-state index in [-0.39, 0.29) is 0 Å². The van der Waals surface area contributed by atoms with Crippen molar-refractivity contribution in [3.63, 3.8) is 0 Å². The summed E-state index contributed by atoms with van der Waals surface area (Å²) in [5.74, 6) is 1.84. The second kappa shape index (κ2) is 4.10. The van der Waals surface area contributed by atoms with Gasteiger partial charge in [0.25, 0.3) is 0 Å². The normalized spacial score (nSPS) is 39.0. The first kappa shape index (κ1) is 9.05. The molecule has 2 N–H and O–H groups in total. The summed E-state index contributed by atoms with van der Waals surface area (Å²) in [5.41, 5.74) is 5.97. The van der Waals surface area contributed by atoms with Crippen molar-refractivity contribution in [1.29, 1.82) is 0 Å². The highest BCUT2D eigenvalue weighted by atomic mass is 14.6. The Balaban J connectivity index is 2.37. The summed E-state index contributed by atoms with van der Waals surface area (Å²) >= 11 is 0. The van der Waals surface area contributed by atoms with E-state index in [0.717, 1.165) is 11.8 Å². The van der Waals surface area contributed by atoms with E-state index >= 15 is 0 Å². The maximum absolute atomic E-state index is 5.97. The molecule has 0 heterocycles. The molecule has 11 heavy (non-hydrogen) atoms. The Labute approximate surface area is 70.4 Å². The lowest BCUT2D eigenvalue weighted by atomic mass is 9.77. The van der Waals surface area contributed by atoms with Crippen LogP contribution in [-0.4, -0.2) is 6.04 Å². The van der Waals surface area contributed by atoms with Crippen molar-refractivity contribution in [3.8, 4) is 0 Å². The molecule has 1 aliphatic rings. The smallest absolute Gasteiger partial charge is 0.00441 e. The summed E-state index contributed by atoms with van der Waals surface area (Å²) in [6, 6.07) is 0.499. The zero-order chi connectivity index (χ0) is 8.27. The first-order valence-electron chi connectivity index (χ1n) is 5.01. The molecule has 0 spiro atoms. The third kappa shape index (κ3) is 2.48. The highest BCUT2D eigenvalue weighted by Gasteiger charge is 2.24. The third-order valence-electron chi connectivity index (χ3n) is 3.09. The molecule has 0 aromatic rings. The van der Waals surface area contributed by atoms with E-state index in [4.69, 9.17) is 5.73 Å². The molecule has 2 unspecified atom stereocenters. The van der Waals surface area contributed by atoms with Crippen LogP contribution in [0.4, 0.5) is 0 Å². The van der Waals surface area contributed by atoms with Gasteiger partial charge in [-0.25, -0.2) is 0 Å². The zero-order valence-corrected chi connectivity index (χ0v) is 7.84. The van der Waals surface area contributed by atoms with Gasteiger partial charge in [-0.15, -0.1) is 0 Å². The average molecular weight is 155 g/mol. The molecule has 0 aromatic heterocycles. The van der Waals surface area contributed by atoms with Gasteiger partial charge < -0.3 is 5.73 Å². The molecule has 1 nitrogen and oxygen atoms in total. The zero-order valence-electron chi connectivity index (χ0n) is 7.84. The van der Waals surface area contributed by atoms with Gasteiger partial charge >= 0.3 is 0 Å². The molecule has 1 rings (SSSR count). The largest absolute Gasteiger partial charge is 0.328 e. The molecule has 0 aromatic carbocycles. The van der Waals surface area contributed by atoms with E-state index in [1.165, 1.54) is 32.1 Å². The second-order valence-corrected chi connectivity index (χ2v) is 4.02. The van der Waals surface area contributed by atoms with Crippen LogP contribution in [0.3, 0.4) is 0 Å². The molecule has 0 amide bonds. The Morgan fingerprint density at radius 3 is 1.82 bits per heavy atom. The summed E-state index contributed by atoms with van der Waals surface area (Å²) in [6.45, 7) is 4.57. The molecule has 66 valence electrons. The number of hydrogen-bond acceptors (Lipinski definition) is 1. The average Bonchev–Trinajstić information content (AvgIpc) is 2.03. The first-order chi connectivity index (χ1) is 5.26. The van der Waals surface area contributed by atoms with Crippen LogP contribution in [0.5, 0.6) is 0 Å². The minimum absolute atomic E-state index is 0.499. The van der Waals surface area contributed by atoms with Gasteiger partial charge in [-0.1, -0.05) is 26.7 Å². The van der Waals surface area contributed by atoms with Crippen LogP contribution in [0.15, 0.2) is 0 Å². The quantitative estimate of drug-likeness (QED) is 0.651. The van der Waals surface area contributed by atoms with Gasteiger partial charge in [0, 0.05) is 6.04 Å². The van der Waals surface area contributed by atoms with E-state index in [1.807, 2.05) is 0 Å². The summed E-state index contributed by atoms with van der Waals surface area (Å²) < 4.78 is 0. The topological polar surface area (TPSA) is 26.0 Å². The maximum atomic E-state index is 5.97. The number of nitrogens with two attached hydrogens (primary N) is 1. The van der Waals surface area contributed by atoms with Crippen molar-refractivity contribution in [2.45, 2.75) is 52.0 Å². The third-order valence-corrected chi connectivity index (χ3v) is 3.09. The fourth-order valence-corrected chi connectivity index (χ4v) is 2.28. The highest BCUT2D eigenvalue weighted by Crippen LogP contribution is 2.31. The van der Waals surface area contributed by atoms with Crippen LogP contribution in [0.25, 0.3) is 0 Å². The van der Waals surface area contributed by atoms with Crippen LogP contribution in [0.2, 0.25) is 0 Å². The first-order valence-corrected chi connectivity index (χ1v) is 5.01. The predicted molar refractivity (Wildman–Crippen MR) is 49.4 cm³/mol. The van der Waals surface area contributed by atoms with Crippen molar-refractivity contribution >= 4 is 0 Å². The molecule has 1 aliphatic carbocycles. The van der Waals surface area contributed by atoms with Crippen LogP contribution < -0.4 is 5.73 Å². The second-order valence-electron chi connectivity index (χ2n) is 4.02. The van der Waals surface area contributed by atoms with Crippen LogP contribution in [0, 0.1) is 11.8 Å². The Hall–Kier alpha value is -0.0400. The molecular weight excluding hydrogens is 134 g/mol. The Bertz CT molecular complexity index is 99.4. The molecule has 0 aliphatic heterocycles. The monoisotopic (exact) mass is 155 g/mol. The van der Waals surface area contributed by atoms with E-state index in [0.29, 0.717) is 6.04 Å². The molecule has 2 atom stereocenters. The van der Waals surface area contributed by atoms with Crippen LogP contribution >= 0.6 is 0 Å². The van der Waals surface area contributed by atoms with Gasteiger partial charge in [0.05, 0.1) is 0 Å². The molecule has 0 saturated heterocycles. The van der Waals surface area contributed by atoms with Crippen LogP contribution in [0.1, 0.15) is 46.0 Å². The Kier molecular flexibility index (Phi) is 3.38. The fraction of sp³-hybridized carbons (Fsp3) is 1.00. The van der Waals surface area contributed by atoms with E-state index in [9.17, 15) is 0 Å².